The van der Waals surface area contributed by atoms with Gasteiger partial charge in [-0.1, -0.05) is 29.3 Å². The van der Waals surface area contributed by atoms with E-state index >= 15 is 0 Å². The zero-order valence-electron chi connectivity index (χ0n) is 13.7. The van der Waals surface area contributed by atoms with Crippen molar-refractivity contribution in [2.24, 2.45) is 5.10 Å². The van der Waals surface area contributed by atoms with Crippen LogP contribution in [0.2, 0.25) is 10.0 Å². The van der Waals surface area contributed by atoms with Gasteiger partial charge in [-0.2, -0.15) is 5.10 Å². The summed E-state index contributed by atoms with van der Waals surface area (Å²) >= 11 is 12.3. The second kappa shape index (κ2) is 9.40. The third kappa shape index (κ3) is 5.05. The molecule has 2 aromatic rings. The maximum Gasteiger partial charge on any atom is 0.131 e. The third-order valence-corrected chi connectivity index (χ3v) is 3.92. The van der Waals surface area contributed by atoms with Crippen molar-refractivity contribution in [2.45, 2.75) is 20.4 Å². The van der Waals surface area contributed by atoms with Crippen molar-refractivity contribution in [3.8, 4) is 11.5 Å². The Balaban J connectivity index is 2.05. The monoisotopic (exact) mass is 366 g/mol. The highest BCUT2D eigenvalue weighted by molar-refractivity contribution is 6.35. The van der Waals surface area contributed by atoms with Gasteiger partial charge in [0.1, 0.15) is 11.5 Å². The normalized spacial score (nSPS) is 10.8. The lowest BCUT2D eigenvalue weighted by atomic mass is 10.2. The van der Waals surface area contributed by atoms with E-state index in [2.05, 4.69) is 10.5 Å². The summed E-state index contributed by atoms with van der Waals surface area (Å²) in [5.74, 6) is 1.50. The van der Waals surface area contributed by atoms with Gasteiger partial charge in [0.15, 0.2) is 0 Å². The van der Waals surface area contributed by atoms with E-state index in [1.807, 2.05) is 38.1 Å². The van der Waals surface area contributed by atoms with Gasteiger partial charge in [-0.25, -0.2) is 0 Å². The second-order valence-electron chi connectivity index (χ2n) is 4.86. The molecule has 4 nitrogen and oxygen atoms in total. The summed E-state index contributed by atoms with van der Waals surface area (Å²) in [6, 6.07) is 11.1. The van der Waals surface area contributed by atoms with Gasteiger partial charge in [0.05, 0.1) is 26.0 Å². The molecule has 0 aliphatic carbocycles. The van der Waals surface area contributed by atoms with Crippen molar-refractivity contribution in [3.05, 3.63) is 57.6 Å². The molecule has 2 rings (SSSR count). The van der Waals surface area contributed by atoms with Crippen molar-refractivity contribution in [2.75, 3.05) is 13.2 Å². The summed E-state index contributed by atoms with van der Waals surface area (Å²) in [7, 11) is 0. The van der Waals surface area contributed by atoms with Crippen molar-refractivity contribution in [1.82, 2.24) is 5.43 Å². The fourth-order valence-corrected chi connectivity index (χ4v) is 2.63. The summed E-state index contributed by atoms with van der Waals surface area (Å²) < 4.78 is 11.1. The lowest BCUT2D eigenvalue weighted by Crippen LogP contribution is -2.07. The van der Waals surface area contributed by atoms with Gasteiger partial charge in [-0.3, -0.25) is 0 Å². The Morgan fingerprint density at radius 2 is 1.75 bits per heavy atom. The molecule has 2 aromatic carbocycles. The zero-order valence-corrected chi connectivity index (χ0v) is 15.2. The average molecular weight is 367 g/mol. The minimum Gasteiger partial charge on any atom is -0.494 e. The van der Waals surface area contributed by atoms with Gasteiger partial charge in [-0.15, -0.1) is 0 Å². The molecule has 0 aliphatic heterocycles. The molecule has 0 bridgehead atoms. The van der Waals surface area contributed by atoms with Gasteiger partial charge in [0.25, 0.3) is 0 Å². The molecule has 128 valence electrons. The number of hydrazone groups is 1. The van der Waals surface area contributed by atoms with Crippen LogP contribution in [0.4, 0.5) is 0 Å². The molecular formula is C18H20Cl2N2O2. The molecule has 0 saturated carbocycles. The number of nitrogens with zero attached hydrogens (tertiary/aromatic N) is 1. The quantitative estimate of drug-likeness (QED) is 0.532. The smallest absolute Gasteiger partial charge is 0.131 e. The molecule has 0 radical (unpaired) electrons. The Labute approximate surface area is 152 Å². The molecule has 1 N–H and O–H groups in total. The first kappa shape index (κ1) is 18.4. The highest BCUT2D eigenvalue weighted by Crippen LogP contribution is 2.25. The van der Waals surface area contributed by atoms with Crippen molar-refractivity contribution in [3.63, 3.8) is 0 Å². The average Bonchev–Trinajstić information content (AvgIpc) is 2.56. The molecule has 0 amide bonds. The van der Waals surface area contributed by atoms with Crippen LogP contribution in [0, 0.1) is 0 Å². The van der Waals surface area contributed by atoms with Gasteiger partial charge in [0, 0.05) is 27.2 Å². The molecule has 0 fully saturated rings. The molecule has 0 atom stereocenters. The number of rotatable bonds is 8. The van der Waals surface area contributed by atoms with E-state index in [1.54, 1.807) is 18.3 Å². The van der Waals surface area contributed by atoms with E-state index in [0.29, 0.717) is 29.8 Å². The Morgan fingerprint density at radius 1 is 1.04 bits per heavy atom. The molecule has 0 saturated heterocycles. The molecular weight excluding hydrogens is 347 g/mol. The van der Waals surface area contributed by atoms with E-state index in [0.717, 1.165) is 22.6 Å². The minimum atomic E-state index is 0.440. The van der Waals surface area contributed by atoms with E-state index in [9.17, 15) is 0 Å². The molecule has 0 aliphatic rings. The van der Waals surface area contributed by atoms with Crippen molar-refractivity contribution < 1.29 is 9.47 Å². The lowest BCUT2D eigenvalue weighted by Gasteiger charge is -2.10. The Bertz CT molecular complexity index is 685. The predicted molar refractivity (Wildman–Crippen MR) is 99.7 cm³/mol. The fraction of sp³-hybridized carbons (Fsp3) is 0.278. The first-order valence-corrected chi connectivity index (χ1v) is 8.49. The van der Waals surface area contributed by atoms with Crippen LogP contribution in [0.25, 0.3) is 0 Å². The highest BCUT2D eigenvalue weighted by Gasteiger charge is 2.05. The molecule has 0 unspecified atom stereocenters. The maximum atomic E-state index is 6.13. The summed E-state index contributed by atoms with van der Waals surface area (Å²) in [5.41, 5.74) is 4.63. The van der Waals surface area contributed by atoms with Crippen molar-refractivity contribution in [1.29, 1.82) is 0 Å². The van der Waals surface area contributed by atoms with Crippen LogP contribution < -0.4 is 14.9 Å². The summed E-state index contributed by atoms with van der Waals surface area (Å²) in [6.45, 7) is 5.50. The molecule has 24 heavy (non-hydrogen) atoms. The largest absolute Gasteiger partial charge is 0.494 e. The number of nitrogens with one attached hydrogen (secondary N) is 1. The van der Waals surface area contributed by atoms with Crippen LogP contribution >= 0.6 is 23.2 Å². The highest BCUT2D eigenvalue weighted by atomic mass is 35.5. The Kier molecular flexibility index (Phi) is 7.22. The molecule has 0 spiro atoms. The van der Waals surface area contributed by atoms with Gasteiger partial charge in [-0.05, 0) is 38.1 Å². The van der Waals surface area contributed by atoms with Gasteiger partial charge in [0.2, 0.25) is 0 Å². The van der Waals surface area contributed by atoms with E-state index in [-0.39, 0.29) is 0 Å². The maximum absolute atomic E-state index is 6.13. The van der Waals surface area contributed by atoms with Crippen LogP contribution in [0.1, 0.15) is 25.0 Å². The molecule has 6 heteroatoms. The molecule has 0 heterocycles. The molecule has 0 aromatic heterocycles. The van der Waals surface area contributed by atoms with E-state index in [1.165, 1.54) is 0 Å². The van der Waals surface area contributed by atoms with Crippen LogP contribution in [0.3, 0.4) is 0 Å². The first-order chi connectivity index (χ1) is 11.7. The second-order valence-corrected chi connectivity index (χ2v) is 5.67. The Morgan fingerprint density at radius 3 is 2.42 bits per heavy atom. The third-order valence-electron chi connectivity index (χ3n) is 3.21. The number of ether oxygens (including phenoxy) is 2. The van der Waals surface area contributed by atoms with Crippen LogP contribution in [-0.4, -0.2) is 19.4 Å². The number of hydrogen-bond donors (Lipinski definition) is 1. The summed E-state index contributed by atoms with van der Waals surface area (Å²) in [5, 5.41) is 5.45. The van der Waals surface area contributed by atoms with Crippen molar-refractivity contribution >= 4 is 29.4 Å². The van der Waals surface area contributed by atoms with Crippen LogP contribution in [-0.2, 0) is 6.54 Å². The van der Waals surface area contributed by atoms with Crippen LogP contribution in [0.15, 0.2) is 41.5 Å². The minimum absolute atomic E-state index is 0.440. The number of benzene rings is 2. The Hall–Kier alpha value is -1.91. The summed E-state index contributed by atoms with van der Waals surface area (Å²) in [4.78, 5) is 0. The predicted octanol–water partition coefficient (Wildman–Crippen LogP) is 4.91. The zero-order chi connectivity index (χ0) is 17.4. The SMILES string of the molecule is CCOc1ccc(/C=N\NCc2c(Cl)cccc2Cl)c(OCC)c1. The summed E-state index contributed by atoms with van der Waals surface area (Å²) in [6.07, 6.45) is 1.70. The van der Waals surface area contributed by atoms with Gasteiger partial charge >= 0.3 is 0 Å². The number of hydrogen-bond acceptors (Lipinski definition) is 4. The fourth-order valence-electron chi connectivity index (χ4n) is 2.10. The topological polar surface area (TPSA) is 42.8 Å². The van der Waals surface area contributed by atoms with E-state index in [4.69, 9.17) is 32.7 Å². The van der Waals surface area contributed by atoms with Gasteiger partial charge < -0.3 is 14.9 Å². The van der Waals surface area contributed by atoms with E-state index < -0.39 is 0 Å². The van der Waals surface area contributed by atoms with Crippen LogP contribution in [0.5, 0.6) is 11.5 Å². The standard InChI is InChI=1S/C18H20Cl2N2O2/c1-3-23-14-9-8-13(18(10-14)24-4-2)11-21-22-12-15-16(19)6-5-7-17(15)20/h5-11,22H,3-4,12H2,1-2H3/b21-11-. The first-order valence-electron chi connectivity index (χ1n) is 7.74. The number of halogens is 2. The lowest BCUT2D eigenvalue weighted by molar-refractivity contribution is 0.323.